The molecule has 0 saturated heterocycles. The molecule has 0 amide bonds. The molecule has 1 heterocycles. The first-order valence-corrected chi connectivity index (χ1v) is 15.8. The van der Waals surface area contributed by atoms with Crippen LogP contribution in [0.15, 0.2) is 115 Å². The molecule has 5 rings (SSSR count). The Morgan fingerprint density at radius 2 is 0.938 bits per heavy atom. The standard InChI is InChI=1S/C26H19O.4ClH.Fe/c1-4-12-20(13-5-1)25-23-18-10-11-19-24(23)26(27-25,21-14-6-2-7-15-21)22-16-8-3-9-17-22;;;;;/h1-19H;4*1H;/q+1;;;;;+3/p-4. The third kappa shape index (κ3) is 5.07. The Hall–Kier alpha value is -1.77. The van der Waals surface area contributed by atoms with Crippen molar-refractivity contribution in [1.29, 1.82) is 0 Å². The Morgan fingerprint density at radius 1 is 0.531 bits per heavy atom. The largest absolute Gasteiger partial charge is 0.360 e. The zero-order chi connectivity index (χ0) is 22.6. The van der Waals surface area contributed by atoms with Crippen molar-refractivity contribution < 1.29 is 13.6 Å². The van der Waals surface area contributed by atoms with Crippen LogP contribution in [0.3, 0.4) is 0 Å². The predicted molar refractivity (Wildman–Crippen MR) is 132 cm³/mol. The predicted octanol–water partition coefficient (Wildman–Crippen LogP) is 8.51. The third-order valence-corrected chi connectivity index (χ3v) is 5.20. The van der Waals surface area contributed by atoms with Crippen molar-refractivity contribution in [3.63, 3.8) is 0 Å². The first-order chi connectivity index (χ1) is 15.4. The maximum Gasteiger partial charge on any atom is 0.360 e. The molecule has 1 aliphatic heterocycles. The maximum absolute atomic E-state index is 6.89. The van der Waals surface area contributed by atoms with Crippen molar-refractivity contribution in [2.24, 2.45) is 0 Å². The summed E-state index contributed by atoms with van der Waals surface area (Å²) < 4.78 is 6.89. The van der Waals surface area contributed by atoms with Gasteiger partial charge in [-0.25, -0.2) is 4.42 Å². The molecule has 0 saturated carbocycles. The average Bonchev–Trinajstić information content (AvgIpc) is 3.16. The summed E-state index contributed by atoms with van der Waals surface area (Å²) in [7, 11) is 17.2. The SMILES string of the molecule is [Cl][Fe-]([Cl])([Cl])[Cl].c1ccc(C2=[O+]C(c3ccccc3)(c3ccccc3)c3ccccc32)cc1. The Bertz CT molecular complexity index is 1160. The van der Waals surface area contributed by atoms with Gasteiger partial charge < -0.3 is 0 Å². The van der Waals surface area contributed by atoms with Gasteiger partial charge in [-0.1, -0.05) is 66.7 Å². The molecule has 0 N–H and O–H groups in total. The van der Waals surface area contributed by atoms with Gasteiger partial charge >= 0.3 is 61.0 Å². The van der Waals surface area contributed by atoms with Gasteiger partial charge in [0.15, 0.2) is 0 Å². The van der Waals surface area contributed by atoms with Gasteiger partial charge in [-0.3, -0.25) is 0 Å². The second kappa shape index (κ2) is 10.0. The van der Waals surface area contributed by atoms with Gasteiger partial charge in [0.05, 0.1) is 27.8 Å². The topological polar surface area (TPSA) is 11.3 Å². The molecule has 1 aliphatic rings. The molecule has 1 nitrogen and oxygen atoms in total. The van der Waals surface area contributed by atoms with E-state index in [1.165, 1.54) is 5.56 Å². The van der Waals surface area contributed by atoms with Gasteiger partial charge in [0.1, 0.15) is 0 Å². The summed E-state index contributed by atoms with van der Waals surface area (Å²) in [6, 6.07) is 39.9. The normalized spacial score (nSPS) is 14.6. The van der Waals surface area contributed by atoms with Gasteiger partial charge in [0.25, 0.3) is 0 Å². The molecule has 0 aliphatic carbocycles. The number of benzene rings is 4. The van der Waals surface area contributed by atoms with E-state index in [0.29, 0.717) is 0 Å². The fourth-order valence-corrected chi connectivity index (χ4v) is 4.00. The number of rotatable bonds is 3. The van der Waals surface area contributed by atoms with Crippen LogP contribution in [-0.4, -0.2) is 5.78 Å². The van der Waals surface area contributed by atoms with E-state index in [0.717, 1.165) is 28.0 Å². The number of ketones is 1. The molecule has 165 valence electrons. The molecule has 0 aromatic heterocycles. The number of hydrogen-bond acceptors (Lipinski definition) is 0. The summed E-state index contributed by atoms with van der Waals surface area (Å²) in [6.07, 6.45) is 0. The molecule has 4 aromatic carbocycles. The van der Waals surface area contributed by atoms with E-state index in [9.17, 15) is 0 Å². The molecule has 0 atom stereocenters. The minimum Gasteiger partial charge on any atom is -0.233 e. The van der Waals surface area contributed by atoms with Crippen LogP contribution in [0.4, 0.5) is 0 Å². The number of carbonyl (C=O) groups excluding carboxylic acids is 1. The Labute approximate surface area is 207 Å². The molecular formula is C26H19Cl4FeO. The zero-order valence-electron chi connectivity index (χ0n) is 16.7. The first-order valence-electron chi connectivity index (χ1n) is 9.75. The number of fused-ring (bicyclic) bond motifs is 1. The fraction of sp³-hybridized carbons (Fsp3) is 0.0385. The van der Waals surface area contributed by atoms with Crippen molar-refractivity contribution in [1.82, 2.24) is 0 Å². The van der Waals surface area contributed by atoms with Gasteiger partial charge in [-0.05, 0) is 48.5 Å². The Balaban J connectivity index is 0.000000444. The van der Waals surface area contributed by atoms with Crippen molar-refractivity contribution in [3.05, 3.63) is 143 Å². The Kier molecular flexibility index (Phi) is 7.32. The van der Waals surface area contributed by atoms with E-state index in [1.54, 1.807) is 0 Å². The average molecular weight is 545 g/mol. The van der Waals surface area contributed by atoms with E-state index in [4.69, 9.17) is 44.8 Å². The summed E-state index contributed by atoms with van der Waals surface area (Å²) in [6.45, 7) is 0. The third-order valence-electron chi connectivity index (χ3n) is 5.20. The Morgan fingerprint density at radius 3 is 1.44 bits per heavy atom. The zero-order valence-corrected chi connectivity index (χ0v) is 20.9. The summed E-state index contributed by atoms with van der Waals surface area (Å²) in [5, 5.41) is 0. The van der Waals surface area contributed by atoms with E-state index < -0.39 is 14.8 Å². The molecule has 0 unspecified atom stereocenters. The summed E-state index contributed by atoms with van der Waals surface area (Å²) in [5.74, 6) is 0.930. The van der Waals surface area contributed by atoms with Crippen molar-refractivity contribution in [2.75, 3.05) is 0 Å². The van der Waals surface area contributed by atoms with E-state index in [1.807, 2.05) is 18.2 Å². The van der Waals surface area contributed by atoms with Crippen molar-refractivity contribution in [3.8, 4) is 0 Å². The van der Waals surface area contributed by atoms with Crippen LogP contribution in [0, 0.1) is 0 Å². The van der Waals surface area contributed by atoms with Crippen LogP contribution < -0.4 is 0 Å². The van der Waals surface area contributed by atoms with Crippen LogP contribution in [-0.2, 0) is 14.8 Å². The second-order valence-corrected chi connectivity index (χ2v) is 18.0. The molecule has 6 heteroatoms. The van der Waals surface area contributed by atoms with Gasteiger partial charge in [-0.2, -0.15) is 0 Å². The van der Waals surface area contributed by atoms with Crippen molar-refractivity contribution >= 4 is 46.2 Å². The van der Waals surface area contributed by atoms with E-state index >= 15 is 0 Å². The summed E-state index contributed by atoms with van der Waals surface area (Å²) >= 11 is 0. The quantitative estimate of drug-likeness (QED) is 0.181. The first kappa shape index (κ1) is 23.4. The van der Waals surface area contributed by atoms with Gasteiger partial charge in [-0.15, -0.1) is 0 Å². The van der Waals surface area contributed by atoms with E-state index in [2.05, 4.69) is 97.1 Å². The van der Waals surface area contributed by atoms with Crippen LogP contribution in [0.25, 0.3) is 0 Å². The molecule has 0 fully saturated rings. The molecule has 0 spiro atoms. The molecule has 0 bridgehead atoms. The molecule has 32 heavy (non-hydrogen) atoms. The minimum atomic E-state index is -2.61. The van der Waals surface area contributed by atoms with E-state index in [-0.39, 0.29) is 0 Å². The van der Waals surface area contributed by atoms with Crippen LogP contribution in [0.5, 0.6) is 0 Å². The summed E-state index contributed by atoms with van der Waals surface area (Å²) in [5.41, 5.74) is 5.05. The monoisotopic (exact) mass is 543 g/mol. The fourth-order valence-electron chi connectivity index (χ4n) is 4.00. The summed E-state index contributed by atoms with van der Waals surface area (Å²) in [4.78, 5) is 0. The van der Waals surface area contributed by atoms with Gasteiger partial charge in [0.2, 0.25) is 0 Å². The van der Waals surface area contributed by atoms with Crippen LogP contribution >= 0.6 is 40.4 Å². The van der Waals surface area contributed by atoms with Crippen molar-refractivity contribution in [2.45, 2.75) is 5.60 Å². The number of hydrogen-bond donors (Lipinski definition) is 0. The van der Waals surface area contributed by atoms with Crippen LogP contribution in [0.2, 0.25) is 0 Å². The molecule has 0 radical (unpaired) electrons. The second-order valence-electron chi connectivity index (χ2n) is 7.06. The smallest absolute Gasteiger partial charge is 0.233 e. The molecular weight excluding hydrogens is 526 g/mol. The van der Waals surface area contributed by atoms with Crippen LogP contribution in [0.1, 0.15) is 32.2 Å². The maximum atomic E-state index is 6.89. The molecule has 4 aromatic rings. The van der Waals surface area contributed by atoms with Gasteiger partial charge in [0, 0.05) is 0 Å². The minimum absolute atomic E-state index is 0.649. The number of halogens is 4.